The molecule has 0 radical (unpaired) electrons. The summed E-state index contributed by atoms with van der Waals surface area (Å²) in [4.78, 5) is 32.4. The van der Waals surface area contributed by atoms with Crippen LogP contribution in [0.5, 0.6) is 0 Å². The highest BCUT2D eigenvalue weighted by atomic mass is 19.3. The Morgan fingerprint density at radius 3 is 2.42 bits per heavy atom. The summed E-state index contributed by atoms with van der Waals surface area (Å²) in [5.74, 6) is -7.24. The van der Waals surface area contributed by atoms with E-state index in [4.69, 9.17) is 0 Å². The molecule has 12 heteroatoms. The zero-order chi connectivity index (χ0) is 27.4. The second-order valence-electron chi connectivity index (χ2n) is 9.23. The van der Waals surface area contributed by atoms with Crippen LogP contribution < -0.4 is 15.1 Å². The molecular weight excluding hydrogens is 514 g/mol. The fourth-order valence-corrected chi connectivity index (χ4v) is 4.61. The van der Waals surface area contributed by atoms with E-state index in [-0.39, 0.29) is 39.4 Å². The molecule has 0 spiro atoms. The minimum absolute atomic E-state index is 0.0897. The van der Waals surface area contributed by atoms with Crippen molar-refractivity contribution in [1.29, 1.82) is 0 Å². The summed E-state index contributed by atoms with van der Waals surface area (Å²) in [5.41, 5.74) is 0.0232. The molecule has 5 rings (SSSR count). The third-order valence-electron chi connectivity index (χ3n) is 6.53. The smallest absolute Gasteiger partial charge is 0.282 e. The number of halogens is 6. The van der Waals surface area contributed by atoms with Gasteiger partial charge in [0.1, 0.15) is 18.2 Å². The Balaban J connectivity index is 1.54. The topological polar surface area (TPSA) is 65.5 Å². The van der Waals surface area contributed by atoms with Gasteiger partial charge in [-0.1, -0.05) is 18.2 Å². The number of anilines is 3. The van der Waals surface area contributed by atoms with Gasteiger partial charge in [-0.25, -0.2) is 26.9 Å². The predicted octanol–water partition coefficient (Wildman–Crippen LogP) is 5.51. The molecule has 2 amide bonds. The van der Waals surface area contributed by atoms with Crippen LogP contribution in [-0.2, 0) is 9.59 Å². The SMILES string of the molecule is C[C@@H]1C(=O)N(CC(=O)Nc2ccc(C(F)F)cc2)c2cc(N3CC(F)(F)C3)nc(F)c2-c2ccc(F)cc21. The summed E-state index contributed by atoms with van der Waals surface area (Å²) < 4.78 is 82.2. The molecule has 2 aromatic carbocycles. The summed E-state index contributed by atoms with van der Waals surface area (Å²) in [6.45, 7) is -0.538. The van der Waals surface area contributed by atoms with E-state index in [0.29, 0.717) is 0 Å². The van der Waals surface area contributed by atoms with Gasteiger partial charge in [-0.3, -0.25) is 9.59 Å². The average Bonchev–Trinajstić information content (AvgIpc) is 2.92. The number of fused-ring (bicyclic) bond motifs is 3. The van der Waals surface area contributed by atoms with Crippen LogP contribution in [-0.4, -0.2) is 42.4 Å². The Bertz CT molecular complexity index is 1420. The summed E-state index contributed by atoms with van der Waals surface area (Å²) in [7, 11) is 0. The Morgan fingerprint density at radius 1 is 1.11 bits per heavy atom. The summed E-state index contributed by atoms with van der Waals surface area (Å²) in [5, 5.41) is 2.50. The number of hydrogen-bond donors (Lipinski definition) is 1. The quantitative estimate of drug-likeness (QED) is 0.347. The van der Waals surface area contributed by atoms with E-state index >= 15 is 4.39 Å². The van der Waals surface area contributed by atoms with E-state index in [9.17, 15) is 31.5 Å². The standard InChI is InChI=1S/C26H20F6N4O2/c1-13-18-8-15(27)4-7-17(18)22-19(9-20(34-24(22)30)35-11-26(31,32)12-35)36(25(13)38)10-21(37)33-16-5-2-14(3-6-16)23(28)29/h2-9,13,23H,10-12H2,1H3,(H,33,37)/t13-/m0/s1. The number of carbonyl (C=O) groups excluding carboxylic acids is 2. The molecule has 1 aromatic heterocycles. The van der Waals surface area contributed by atoms with E-state index in [1.807, 2.05) is 0 Å². The van der Waals surface area contributed by atoms with Crippen LogP contribution in [0.3, 0.4) is 0 Å². The third-order valence-corrected chi connectivity index (χ3v) is 6.53. The Kier molecular flexibility index (Phi) is 6.28. The highest BCUT2D eigenvalue weighted by molar-refractivity contribution is 6.09. The normalized spacial score (nSPS) is 18.0. The number of benzene rings is 2. The van der Waals surface area contributed by atoms with Gasteiger partial charge in [0.15, 0.2) is 0 Å². The van der Waals surface area contributed by atoms with Gasteiger partial charge >= 0.3 is 0 Å². The number of amides is 2. The molecular formula is C26H20F6N4O2. The minimum Gasteiger partial charge on any atom is -0.344 e. The average molecular weight is 534 g/mol. The maximum absolute atomic E-state index is 15.5. The largest absolute Gasteiger partial charge is 0.344 e. The van der Waals surface area contributed by atoms with Gasteiger partial charge in [0.25, 0.3) is 12.3 Å². The second kappa shape index (κ2) is 9.34. The lowest BCUT2D eigenvalue weighted by atomic mass is 9.92. The van der Waals surface area contributed by atoms with Crippen molar-refractivity contribution in [3.05, 3.63) is 71.4 Å². The summed E-state index contributed by atoms with van der Waals surface area (Å²) >= 11 is 0. The highest BCUT2D eigenvalue weighted by Crippen LogP contribution is 2.44. The van der Waals surface area contributed by atoms with Gasteiger partial charge in [-0.15, -0.1) is 0 Å². The maximum atomic E-state index is 15.5. The van der Waals surface area contributed by atoms with Crippen molar-refractivity contribution in [2.24, 2.45) is 0 Å². The van der Waals surface area contributed by atoms with Crippen molar-refractivity contribution in [1.82, 2.24) is 4.98 Å². The summed E-state index contributed by atoms with van der Waals surface area (Å²) in [6, 6.07) is 9.54. The fraction of sp³-hybridized carbons (Fsp3) is 0.269. The molecule has 0 aliphatic carbocycles. The van der Waals surface area contributed by atoms with Crippen molar-refractivity contribution in [3.63, 3.8) is 0 Å². The van der Waals surface area contributed by atoms with Crippen LogP contribution >= 0.6 is 0 Å². The van der Waals surface area contributed by atoms with Gasteiger partial charge in [-0.2, -0.15) is 4.39 Å². The molecule has 3 heterocycles. The van der Waals surface area contributed by atoms with Crippen molar-refractivity contribution in [2.75, 3.05) is 34.8 Å². The molecule has 6 nitrogen and oxygen atoms in total. The van der Waals surface area contributed by atoms with Gasteiger partial charge in [0.2, 0.25) is 17.8 Å². The van der Waals surface area contributed by atoms with E-state index in [2.05, 4.69) is 10.3 Å². The lowest BCUT2D eigenvalue weighted by Crippen LogP contribution is -2.56. The zero-order valence-corrected chi connectivity index (χ0v) is 19.8. The fourth-order valence-electron chi connectivity index (χ4n) is 4.61. The monoisotopic (exact) mass is 534 g/mol. The number of alkyl halides is 4. The lowest BCUT2D eigenvalue weighted by molar-refractivity contribution is -0.122. The van der Waals surface area contributed by atoms with Crippen LogP contribution in [0, 0.1) is 11.8 Å². The molecule has 2 aliphatic rings. The molecule has 0 bridgehead atoms. The Hall–Kier alpha value is -4.09. The van der Waals surface area contributed by atoms with Crippen LogP contribution in [0.25, 0.3) is 11.1 Å². The molecule has 38 heavy (non-hydrogen) atoms. The lowest BCUT2D eigenvalue weighted by Gasteiger charge is -2.40. The van der Waals surface area contributed by atoms with Crippen molar-refractivity contribution < 1.29 is 35.9 Å². The van der Waals surface area contributed by atoms with Crippen molar-refractivity contribution >= 4 is 29.0 Å². The molecule has 1 N–H and O–H groups in total. The van der Waals surface area contributed by atoms with Crippen molar-refractivity contribution in [2.45, 2.75) is 25.2 Å². The molecule has 198 valence electrons. The predicted molar refractivity (Wildman–Crippen MR) is 128 cm³/mol. The van der Waals surface area contributed by atoms with E-state index in [1.165, 1.54) is 31.2 Å². The van der Waals surface area contributed by atoms with E-state index in [0.717, 1.165) is 34.1 Å². The second-order valence-corrected chi connectivity index (χ2v) is 9.23. The number of nitrogens with one attached hydrogen (secondary N) is 1. The minimum atomic E-state index is -2.97. The maximum Gasteiger partial charge on any atom is 0.282 e. The first-order valence-electron chi connectivity index (χ1n) is 11.6. The number of aromatic nitrogens is 1. The van der Waals surface area contributed by atoms with Gasteiger partial charge < -0.3 is 15.1 Å². The number of pyridine rings is 1. The number of carbonyl (C=O) groups is 2. The number of hydrogen-bond acceptors (Lipinski definition) is 4. The molecule has 0 unspecified atom stereocenters. The zero-order valence-electron chi connectivity index (χ0n) is 19.8. The molecule has 3 aromatic rings. The van der Waals surface area contributed by atoms with E-state index < -0.39 is 61.5 Å². The first-order chi connectivity index (χ1) is 17.9. The Morgan fingerprint density at radius 2 is 1.79 bits per heavy atom. The number of nitrogens with zero attached hydrogens (tertiary/aromatic N) is 3. The summed E-state index contributed by atoms with van der Waals surface area (Å²) in [6.07, 6.45) is -2.69. The highest BCUT2D eigenvalue weighted by Gasteiger charge is 2.45. The van der Waals surface area contributed by atoms with Crippen molar-refractivity contribution in [3.8, 4) is 11.1 Å². The molecule has 0 saturated carbocycles. The molecule has 1 saturated heterocycles. The van der Waals surface area contributed by atoms with Gasteiger partial charge in [0.05, 0.1) is 30.3 Å². The van der Waals surface area contributed by atoms with Gasteiger partial charge in [0, 0.05) is 17.3 Å². The van der Waals surface area contributed by atoms with Crippen LogP contribution in [0.2, 0.25) is 0 Å². The molecule has 1 atom stereocenters. The van der Waals surface area contributed by atoms with Crippen LogP contribution in [0.4, 0.5) is 43.5 Å². The number of rotatable bonds is 5. The third kappa shape index (κ3) is 4.66. The Labute approximate surface area is 212 Å². The first kappa shape index (κ1) is 25.6. The molecule has 1 fully saturated rings. The van der Waals surface area contributed by atoms with Gasteiger partial charge in [-0.05, 0) is 42.3 Å². The van der Waals surface area contributed by atoms with E-state index in [1.54, 1.807) is 0 Å². The first-order valence-corrected chi connectivity index (χ1v) is 11.6. The molecule has 2 aliphatic heterocycles. The van der Waals surface area contributed by atoms with Crippen LogP contribution in [0.1, 0.15) is 30.4 Å². The van der Waals surface area contributed by atoms with Crippen LogP contribution in [0.15, 0.2) is 48.5 Å².